The van der Waals surface area contributed by atoms with Gasteiger partial charge in [-0.05, 0) is 30.8 Å². The van der Waals surface area contributed by atoms with Gasteiger partial charge >= 0.3 is 0 Å². The minimum atomic E-state index is -3.53. The lowest BCUT2D eigenvalue weighted by molar-refractivity contribution is 0.148. The van der Waals surface area contributed by atoms with Crippen LogP contribution in [0.5, 0.6) is 0 Å². The van der Waals surface area contributed by atoms with Crippen LogP contribution in [0.25, 0.3) is 0 Å². The van der Waals surface area contributed by atoms with E-state index in [1.165, 1.54) is 6.07 Å². The van der Waals surface area contributed by atoms with Gasteiger partial charge in [-0.3, -0.25) is 4.90 Å². The SMILES string of the molecule is CN1CCN(S(=O)(=O)c2cccc(Cl)c2)CC1c1ccccc1. The van der Waals surface area contributed by atoms with Crippen molar-refractivity contribution in [2.24, 2.45) is 0 Å². The third-order valence-corrected chi connectivity index (χ3v) is 6.33. The minimum absolute atomic E-state index is 0.0545. The van der Waals surface area contributed by atoms with Gasteiger partial charge in [-0.2, -0.15) is 4.31 Å². The van der Waals surface area contributed by atoms with E-state index < -0.39 is 10.0 Å². The van der Waals surface area contributed by atoms with Gasteiger partial charge in [0.2, 0.25) is 10.0 Å². The van der Waals surface area contributed by atoms with Crippen molar-refractivity contribution in [3.05, 3.63) is 65.2 Å². The highest BCUT2D eigenvalue weighted by Gasteiger charge is 2.33. The summed E-state index contributed by atoms with van der Waals surface area (Å²) >= 11 is 5.95. The number of hydrogen-bond donors (Lipinski definition) is 0. The monoisotopic (exact) mass is 350 g/mol. The van der Waals surface area contributed by atoms with Crippen LogP contribution in [0.1, 0.15) is 11.6 Å². The molecular formula is C17H19ClN2O2S. The Morgan fingerprint density at radius 3 is 2.48 bits per heavy atom. The Balaban J connectivity index is 1.89. The van der Waals surface area contributed by atoms with Crippen molar-refractivity contribution < 1.29 is 8.42 Å². The molecule has 0 aliphatic carbocycles. The maximum atomic E-state index is 12.9. The summed E-state index contributed by atoms with van der Waals surface area (Å²) < 4.78 is 27.3. The molecule has 1 atom stereocenters. The first kappa shape index (κ1) is 16.5. The smallest absolute Gasteiger partial charge is 0.243 e. The van der Waals surface area contributed by atoms with E-state index in [1.54, 1.807) is 22.5 Å². The highest BCUT2D eigenvalue weighted by molar-refractivity contribution is 7.89. The van der Waals surface area contributed by atoms with E-state index in [0.29, 0.717) is 24.7 Å². The predicted molar refractivity (Wildman–Crippen MR) is 92.0 cm³/mol. The minimum Gasteiger partial charge on any atom is -0.297 e. The zero-order valence-electron chi connectivity index (χ0n) is 12.9. The van der Waals surface area contributed by atoms with E-state index >= 15 is 0 Å². The molecular weight excluding hydrogens is 332 g/mol. The standard InChI is InChI=1S/C17H19ClN2O2S/c1-19-10-11-20(13-17(19)14-6-3-2-4-7-14)23(21,22)16-9-5-8-15(18)12-16/h2-9,12,17H,10-11,13H2,1H3. The van der Waals surface area contributed by atoms with Crippen LogP contribution >= 0.6 is 11.6 Å². The lowest BCUT2D eigenvalue weighted by Crippen LogP contribution is -2.48. The van der Waals surface area contributed by atoms with E-state index in [-0.39, 0.29) is 10.9 Å². The zero-order valence-corrected chi connectivity index (χ0v) is 14.5. The molecule has 122 valence electrons. The van der Waals surface area contributed by atoms with Gasteiger partial charge in [-0.25, -0.2) is 8.42 Å². The first-order valence-electron chi connectivity index (χ1n) is 7.49. The van der Waals surface area contributed by atoms with Gasteiger partial charge in [0.1, 0.15) is 0 Å². The fourth-order valence-corrected chi connectivity index (χ4v) is 4.62. The number of hydrogen-bond acceptors (Lipinski definition) is 3. The quantitative estimate of drug-likeness (QED) is 0.854. The summed E-state index contributed by atoms with van der Waals surface area (Å²) in [6.45, 7) is 1.61. The Kier molecular flexibility index (Phi) is 4.73. The number of piperazine rings is 1. The fraction of sp³-hybridized carbons (Fsp3) is 0.294. The Labute approximate surface area is 142 Å². The molecule has 2 aromatic carbocycles. The molecule has 0 N–H and O–H groups in total. The van der Waals surface area contributed by atoms with Crippen LogP contribution in [0.4, 0.5) is 0 Å². The molecule has 0 aromatic heterocycles. The predicted octanol–water partition coefficient (Wildman–Crippen LogP) is 3.02. The molecule has 0 saturated carbocycles. The summed E-state index contributed by atoms with van der Waals surface area (Å²) in [5, 5.41) is 0.430. The van der Waals surface area contributed by atoms with E-state index in [0.717, 1.165) is 5.56 Å². The largest absolute Gasteiger partial charge is 0.297 e. The second-order valence-corrected chi connectivity index (χ2v) is 8.10. The summed E-state index contributed by atoms with van der Waals surface area (Å²) in [6, 6.07) is 16.5. The van der Waals surface area contributed by atoms with E-state index in [2.05, 4.69) is 4.90 Å². The summed E-state index contributed by atoms with van der Waals surface area (Å²) in [4.78, 5) is 2.45. The molecule has 1 aliphatic heterocycles. The topological polar surface area (TPSA) is 40.6 Å². The molecule has 0 amide bonds. The van der Waals surface area contributed by atoms with E-state index in [1.807, 2.05) is 37.4 Å². The van der Waals surface area contributed by atoms with Crippen LogP contribution in [0.3, 0.4) is 0 Å². The maximum Gasteiger partial charge on any atom is 0.243 e. The molecule has 3 rings (SSSR count). The third kappa shape index (κ3) is 3.43. The van der Waals surface area contributed by atoms with Crippen LogP contribution in [0.2, 0.25) is 5.02 Å². The van der Waals surface area contributed by atoms with E-state index in [4.69, 9.17) is 11.6 Å². The molecule has 1 unspecified atom stereocenters. The summed E-state index contributed by atoms with van der Waals surface area (Å²) in [6.07, 6.45) is 0. The fourth-order valence-electron chi connectivity index (χ4n) is 2.88. The molecule has 2 aromatic rings. The highest BCUT2D eigenvalue weighted by Crippen LogP contribution is 2.28. The third-order valence-electron chi connectivity index (χ3n) is 4.23. The molecule has 0 radical (unpaired) electrons. The Morgan fingerprint density at radius 1 is 1.04 bits per heavy atom. The Hall–Kier alpha value is -1.40. The van der Waals surface area contributed by atoms with Crippen molar-refractivity contribution in [2.75, 3.05) is 26.7 Å². The summed E-state index contributed by atoms with van der Waals surface area (Å²) in [7, 11) is -1.50. The molecule has 6 heteroatoms. The molecule has 1 saturated heterocycles. The number of nitrogens with zero attached hydrogens (tertiary/aromatic N) is 2. The lowest BCUT2D eigenvalue weighted by Gasteiger charge is -2.39. The van der Waals surface area contributed by atoms with Crippen molar-refractivity contribution in [1.82, 2.24) is 9.21 Å². The van der Waals surface area contributed by atoms with Gasteiger partial charge in [0.15, 0.2) is 0 Å². The summed E-state index contributed by atoms with van der Waals surface area (Å²) in [5.74, 6) is 0. The molecule has 0 bridgehead atoms. The van der Waals surface area contributed by atoms with Crippen molar-refractivity contribution in [3.8, 4) is 0 Å². The average Bonchev–Trinajstić information content (AvgIpc) is 2.56. The Bertz CT molecular complexity index is 780. The van der Waals surface area contributed by atoms with Gasteiger partial charge in [0.05, 0.1) is 4.90 Å². The van der Waals surface area contributed by atoms with Crippen LogP contribution in [0.15, 0.2) is 59.5 Å². The molecule has 1 heterocycles. The molecule has 1 fully saturated rings. The average molecular weight is 351 g/mol. The molecule has 0 spiro atoms. The van der Waals surface area contributed by atoms with Crippen molar-refractivity contribution in [1.29, 1.82) is 0 Å². The molecule has 1 aliphatic rings. The zero-order chi connectivity index (χ0) is 16.4. The van der Waals surface area contributed by atoms with Gasteiger partial charge in [0, 0.05) is 30.7 Å². The molecule has 23 heavy (non-hydrogen) atoms. The van der Waals surface area contributed by atoms with Crippen LogP contribution in [-0.2, 0) is 10.0 Å². The number of halogens is 1. The summed E-state index contributed by atoms with van der Waals surface area (Å²) in [5.41, 5.74) is 1.13. The second-order valence-electron chi connectivity index (χ2n) is 5.73. The van der Waals surface area contributed by atoms with Crippen LogP contribution in [0, 0.1) is 0 Å². The maximum absolute atomic E-state index is 12.9. The lowest BCUT2D eigenvalue weighted by atomic mass is 10.0. The van der Waals surface area contributed by atoms with Gasteiger partial charge < -0.3 is 0 Å². The normalized spacial score (nSPS) is 20.5. The van der Waals surface area contributed by atoms with Crippen LogP contribution in [-0.4, -0.2) is 44.3 Å². The first-order chi connectivity index (χ1) is 11.0. The second kappa shape index (κ2) is 6.61. The van der Waals surface area contributed by atoms with Gasteiger partial charge in [-0.1, -0.05) is 48.0 Å². The van der Waals surface area contributed by atoms with Gasteiger partial charge in [0.25, 0.3) is 0 Å². The van der Waals surface area contributed by atoms with Crippen molar-refractivity contribution in [3.63, 3.8) is 0 Å². The number of benzene rings is 2. The number of likely N-dealkylation sites (N-methyl/N-ethyl adjacent to an activating group) is 1. The first-order valence-corrected chi connectivity index (χ1v) is 9.31. The van der Waals surface area contributed by atoms with Crippen molar-refractivity contribution in [2.45, 2.75) is 10.9 Å². The van der Waals surface area contributed by atoms with Crippen LogP contribution < -0.4 is 0 Å². The Morgan fingerprint density at radius 2 is 1.78 bits per heavy atom. The number of rotatable bonds is 3. The number of sulfonamides is 1. The van der Waals surface area contributed by atoms with Crippen molar-refractivity contribution >= 4 is 21.6 Å². The van der Waals surface area contributed by atoms with Gasteiger partial charge in [-0.15, -0.1) is 0 Å². The highest BCUT2D eigenvalue weighted by atomic mass is 35.5. The molecule has 4 nitrogen and oxygen atoms in total. The van der Waals surface area contributed by atoms with E-state index in [9.17, 15) is 8.42 Å².